The van der Waals surface area contributed by atoms with E-state index < -0.39 is 9.84 Å². The third-order valence-electron chi connectivity index (χ3n) is 4.40. The van der Waals surface area contributed by atoms with Gasteiger partial charge in [0.2, 0.25) is 0 Å². The molecule has 5 heteroatoms. The van der Waals surface area contributed by atoms with Crippen molar-refractivity contribution in [1.29, 1.82) is 0 Å². The van der Waals surface area contributed by atoms with Crippen LogP contribution in [-0.2, 0) is 9.84 Å². The summed E-state index contributed by atoms with van der Waals surface area (Å²) in [6, 6.07) is 5.06. The molecule has 0 amide bonds. The number of carbonyl (C=O) groups is 1. The number of carbonyl (C=O) groups excluding carboxylic acids is 1. The highest BCUT2D eigenvalue weighted by Crippen LogP contribution is 2.29. The van der Waals surface area contributed by atoms with Gasteiger partial charge in [-0.05, 0) is 50.3 Å². The second-order valence-corrected chi connectivity index (χ2v) is 8.48. The fraction of sp³-hybridized carbons (Fsp3) is 0.588. The summed E-state index contributed by atoms with van der Waals surface area (Å²) < 4.78 is 23.9. The number of nitrogens with one attached hydrogen (secondary N) is 1. The van der Waals surface area contributed by atoms with Crippen molar-refractivity contribution >= 4 is 21.3 Å². The Morgan fingerprint density at radius 2 is 1.91 bits per heavy atom. The molecule has 1 fully saturated rings. The molecule has 2 unspecified atom stereocenters. The molecule has 2 rings (SSSR count). The average Bonchev–Trinajstić information content (AvgIpc) is 2.62. The topological polar surface area (TPSA) is 63.2 Å². The van der Waals surface area contributed by atoms with Crippen molar-refractivity contribution in [3.63, 3.8) is 0 Å². The van der Waals surface area contributed by atoms with Gasteiger partial charge >= 0.3 is 0 Å². The summed E-state index contributed by atoms with van der Waals surface area (Å²) in [5.74, 6) is 0.669. The lowest BCUT2D eigenvalue weighted by molar-refractivity contribution is 0.101. The summed E-state index contributed by atoms with van der Waals surface area (Å²) in [7, 11) is -3.32. The van der Waals surface area contributed by atoms with Crippen LogP contribution in [0.2, 0.25) is 0 Å². The molecule has 0 aromatic heterocycles. The van der Waals surface area contributed by atoms with Crippen LogP contribution in [0.15, 0.2) is 23.1 Å². The van der Waals surface area contributed by atoms with Gasteiger partial charge in [-0.2, -0.15) is 0 Å². The molecular formula is C17H25NO3S. The summed E-state index contributed by atoms with van der Waals surface area (Å²) >= 11 is 0. The third-order valence-corrected chi connectivity index (χ3v) is 5.56. The quantitative estimate of drug-likeness (QED) is 0.678. The standard InChI is InChI=1S/C17H25NO3S/c1-12-5-4-6-15(9-7-12)18-16-11-14(13(2)19)8-10-17(16)22(3,20)21/h8,10-12,15,18H,4-7,9H2,1-3H3. The minimum absolute atomic E-state index is 0.0578. The Labute approximate surface area is 133 Å². The molecule has 1 aliphatic carbocycles. The van der Waals surface area contributed by atoms with E-state index in [2.05, 4.69) is 12.2 Å². The molecule has 1 aromatic carbocycles. The number of anilines is 1. The van der Waals surface area contributed by atoms with Gasteiger partial charge in [0.05, 0.1) is 10.6 Å². The highest BCUT2D eigenvalue weighted by Gasteiger charge is 2.20. The molecule has 1 N–H and O–H groups in total. The van der Waals surface area contributed by atoms with Gasteiger partial charge in [0.25, 0.3) is 0 Å². The van der Waals surface area contributed by atoms with Gasteiger partial charge < -0.3 is 5.32 Å². The van der Waals surface area contributed by atoms with E-state index in [0.29, 0.717) is 11.3 Å². The van der Waals surface area contributed by atoms with Crippen LogP contribution >= 0.6 is 0 Å². The van der Waals surface area contributed by atoms with Crippen LogP contribution in [0.4, 0.5) is 5.69 Å². The first-order valence-corrected chi connectivity index (χ1v) is 9.78. The van der Waals surface area contributed by atoms with E-state index in [0.717, 1.165) is 31.6 Å². The molecule has 0 saturated heterocycles. The van der Waals surface area contributed by atoms with E-state index in [-0.39, 0.29) is 16.7 Å². The fourth-order valence-electron chi connectivity index (χ4n) is 3.04. The monoisotopic (exact) mass is 323 g/mol. The molecule has 0 heterocycles. The van der Waals surface area contributed by atoms with Crippen LogP contribution < -0.4 is 5.32 Å². The number of benzene rings is 1. The number of hydrogen-bond donors (Lipinski definition) is 1. The third kappa shape index (κ3) is 4.32. The fourth-order valence-corrected chi connectivity index (χ4v) is 3.87. The van der Waals surface area contributed by atoms with Crippen molar-refractivity contribution < 1.29 is 13.2 Å². The number of sulfone groups is 1. The van der Waals surface area contributed by atoms with Gasteiger partial charge in [-0.3, -0.25) is 4.79 Å². The smallest absolute Gasteiger partial charge is 0.177 e. The molecule has 0 bridgehead atoms. The maximum atomic E-state index is 12.0. The van der Waals surface area contributed by atoms with Crippen molar-refractivity contribution in [3.8, 4) is 0 Å². The summed E-state index contributed by atoms with van der Waals surface area (Å²) in [4.78, 5) is 11.8. The molecule has 1 aromatic rings. The van der Waals surface area contributed by atoms with Gasteiger partial charge in [0.1, 0.15) is 0 Å². The molecule has 0 spiro atoms. The van der Waals surface area contributed by atoms with Crippen LogP contribution in [0, 0.1) is 5.92 Å². The maximum Gasteiger partial charge on any atom is 0.177 e. The molecule has 1 saturated carbocycles. The molecule has 122 valence electrons. The predicted octanol–water partition coefficient (Wildman–Crippen LogP) is 3.67. The van der Waals surface area contributed by atoms with Gasteiger partial charge in [0.15, 0.2) is 15.6 Å². The number of ketones is 1. The van der Waals surface area contributed by atoms with Crippen molar-refractivity contribution in [1.82, 2.24) is 0 Å². The van der Waals surface area contributed by atoms with Crippen LogP contribution in [0.1, 0.15) is 56.3 Å². The normalized spacial score (nSPS) is 22.9. The van der Waals surface area contributed by atoms with Crippen molar-refractivity contribution in [2.75, 3.05) is 11.6 Å². The molecule has 4 nitrogen and oxygen atoms in total. The van der Waals surface area contributed by atoms with E-state index >= 15 is 0 Å². The molecule has 0 radical (unpaired) electrons. The Balaban J connectivity index is 2.30. The van der Waals surface area contributed by atoms with Crippen molar-refractivity contribution in [3.05, 3.63) is 23.8 Å². The molecule has 0 aliphatic heterocycles. The molecule has 1 aliphatic rings. The summed E-state index contributed by atoms with van der Waals surface area (Å²) in [6.07, 6.45) is 6.81. The summed E-state index contributed by atoms with van der Waals surface area (Å²) in [5, 5.41) is 3.38. The Kier molecular flexibility index (Phi) is 5.27. The maximum absolute atomic E-state index is 12.0. The van der Waals surface area contributed by atoms with Crippen LogP contribution in [-0.4, -0.2) is 26.5 Å². The highest BCUT2D eigenvalue weighted by atomic mass is 32.2. The second-order valence-electron chi connectivity index (χ2n) is 6.49. The summed E-state index contributed by atoms with van der Waals surface area (Å²) in [6.45, 7) is 3.76. The molecular weight excluding hydrogens is 298 g/mol. The first-order chi connectivity index (χ1) is 10.3. The molecule has 22 heavy (non-hydrogen) atoms. The van der Waals surface area contributed by atoms with Gasteiger partial charge in [-0.15, -0.1) is 0 Å². The first kappa shape index (κ1) is 17.0. The molecule has 2 atom stereocenters. The van der Waals surface area contributed by atoms with Crippen LogP contribution in [0.3, 0.4) is 0 Å². The van der Waals surface area contributed by atoms with E-state index in [1.54, 1.807) is 12.1 Å². The van der Waals surface area contributed by atoms with E-state index in [1.807, 2.05) is 0 Å². The Morgan fingerprint density at radius 3 is 2.55 bits per heavy atom. The Hall–Kier alpha value is -1.36. The van der Waals surface area contributed by atoms with Crippen molar-refractivity contribution in [2.24, 2.45) is 5.92 Å². The number of rotatable bonds is 4. The second kappa shape index (κ2) is 6.82. The van der Waals surface area contributed by atoms with Crippen LogP contribution in [0.5, 0.6) is 0 Å². The number of Topliss-reactive ketones (excluding diaryl/α,β-unsaturated/α-hetero) is 1. The summed E-state index contributed by atoms with van der Waals surface area (Å²) in [5.41, 5.74) is 1.10. The lowest BCUT2D eigenvalue weighted by Crippen LogP contribution is -2.20. The number of hydrogen-bond acceptors (Lipinski definition) is 4. The highest BCUT2D eigenvalue weighted by molar-refractivity contribution is 7.90. The van der Waals surface area contributed by atoms with E-state index in [9.17, 15) is 13.2 Å². The minimum Gasteiger partial charge on any atom is -0.381 e. The SMILES string of the molecule is CC(=O)c1ccc(S(C)(=O)=O)c(NC2CCCC(C)CC2)c1. The zero-order valence-electron chi connectivity index (χ0n) is 13.6. The van der Waals surface area contributed by atoms with Crippen molar-refractivity contribution in [2.45, 2.75) is 56.9 Å². The predicted molar refractivity (Wildman–Crippen MR) is 89.2 cm³/mol. The first-order valence-electron chi connectivity index (χ1n) is 7.89. The van der Waals surface area contributed by atoms with Gasteiger partial charge in [0, 0.05) is 17.9 Å². The van der Waals surface area contributed by atoms with E-state index in [4.69, 9.17) is 0 Å². The Morgan fingerprint density at radius 1 is 1.18 bits per heavy atom. The lowest BCUT2D eigenvalue weighted by atomic mass is 10.0. The van der Waals surface area contributed by atoms with Gasteiger partial charge in [-0.1, -0.05) is 19.8 Å². The Bertz CT molecular complexity index is 652. The zero-order chi connectivity index (χ0) is 16.3. The minimum atomic E-state index is -3.32. The largest absolute Gasteiger partial charge is 0.381 e. The van der Waals surface area contributed by atoms with Gasteiger partial charge in [-0.25, -0.2) is 8.42 Å². The zero-order valence-corrected chi connectivity index (χ0v) is 14.4. The van der Waals surface area contributed by atoms with E-state index in [1.165, 1.54) is 25.7 Å². The average molecular weight is 323 g/mol. The van der Waals surface area contributed by atoms with Crippen LogP contribution in [0.25, 0.3) is 0 Å². The lowest BCUT2D eigenvalue weighted by Gasteiger charge is -2.20.